The van der Waals surface area contributed by atoms with E-state index in [1.807, 2.05) is 67.6 Å². The highest BCUT2D eigenvalue weighted by molar-refractivity contribution is 5.92. The maximum Gasteiger partial charge on any atom is 0.278 e. The molecule has 0 radical (unpaired) electrons. The van der Waals surface area contributed by atoms with Crippen LogP contribution in [-0.2, 0) is 0 Å². The second-order valence-corrected chi connectivity index (χ2v) is 8.57. The molecule has 1 unspecified atom stereocenters. The normalized spacial score (nSPS) is 15.2. The molecule has 0 aliphatic carbocycles. The molecule has 0 spiro atoms. The van der Waals surface area contributed by atoms with Crippen LogP contribution in [0.2, 0.25) is 0 Å². The number of hydrogen-bond donors (Lipinski definition) is 0. The Morgan fingerprint density at radius 1 is 0.971 bits per heavy atom. The lowest BCUT2D eigenvalue weighted by atomic mass is 10.2. The number of carbonyl (C=O) groups excluding carboxylic acids is 1. The van der Waals surface area contributed by atoms with Crippen LogP contribution in [0.4, 0.5) is 0 Å². The number of para-hydroxylation sites is 1. The van der Waals surface area contributed by atoms with Gasteiger partial charge in [0.1, 0.15) is 0 Å². The van der Waals surface area contributed by atoms with Gasteiger partial charge in [-0.25, -0.2) is 4.68 Å². The fourth-order valence-corrected chi connectivity index (χ4v) is 4.25. The first-order valence-electron chi connectivity index (χ1n) is 11.6. The topological polar surface area (TPSA) is 97.4 Å². The number of amides is 1. The van der Waals surface area contributed by atoms with Gasteiger partial charge in [0.2, 0.25) is 17.1 Å². The third-order valence-electron chi connectivity index (χ3n) is 6.29. The summed E-state index contributed by atoms with van der Waals surface area (Å²) >= 11 is 0. The predicted molar refractivity (Wildman–Crippen MR) is 130 cm³/mol. The van der Waals surface area contributed by atoms with Crippen LogP contribution in [0.3, 0.4) is 0 Å². The molecule has 0 bridgehead atoms. The quantitative estimate of drug-likeness (QED) is 0.442. The molecule has 1 saturated heterocycles. The van der Waals surface area contributed by atoms with Crippen molar-refractivity contribution in [2.24, 2.45) is 0 Å². The molecule has 1 amide bonds. The molecule has 1 atom stereocenters. The Bertz CT molecular complexity index is 1380. The highest BCUT2D eigenvalue weighted by Gasteiger charge is 2.30. The molecule has 4 aromatic rings. The Hall–Kier alpha value is -4.11. The standard InChI is InChI=1S/C26H26N6O3/c1-18-17-22(33)23(28-32(18)21-11-7-4-8-12-21)26(34)31-15-13-30(14-16-31)19(2)25-27-24(29-35-25)20-9-5-3-6-10-20/h3-12,17,19H,13-16H2,1-2H3. The summed E-state index contributed by atoms with van der Waals surface area (Å²) < 4.78 is 7.15. The molecule has 1 aliphatic heterocycles. The highest BCUT2D eigenvalue weighted by Crippen LogP contribution is 2.23. The summed E-state index contributed by atoms with van der Waals surface area (Å²) in [5.74, 6) is 0.743. The van der Waals surface area contributed by atoms with Crippen molar-refractivity contribution < 1.29 is 9.32 Å². The van der Waals surface area contributed by atoms with E-state index in [2.05, 4.69) is 20.1 Å². The van der Waals surface area contributed by atoms with Crippen LogP contribution in [0.1, 0.15) is 35.0 Å². The van der Waals surface area contributed by atoms with Gasteiger partial charge in [0.25, 0.3) is 5.91 Å². The zero-order chi connectivity index (χ0) is 24.4. The largest absolute Gasteiger partial charge is 0.337 e. The summed E-state index contributed by atoms with van der Waals surface area (Å²) in [7, 11) is 0. The van der Waals surface area contributed by atoms with E-state index in [9.17, 15) is 9.59 Å². The van der Waals surface area contributed by atoms with Crippen LogP contribution in [0, 0.1) is 6.92 Å². The van der Waals surface area contributed by atoms with Gasteiger partial charge in [-0.1, -0.05) is 53.7 Å². The molecule has 0 saturated carbocycles. The maximum absolute atomic E-state index is 13.2. The average Bonchev–Trinajstić information content (AvgIpc) is 3.40. The van der Waals surface area contributed by atoms with E-state index in [0.29, 0.717) is 43.6 Å². The summed E-state index contributed by atoms with van der Waals surface area (Å²) in [6.45, 7) is 6.01. The summed E-state index contributed by atoms with van der Waals surface area (Å²) in [5.41, 5.74) is 1.94. The van der Waals surface area contributed by atoms with E-state index < -0.39 is 0 Å². The molecular formula is C26H26N6O3. The van der Waals surface area contributed by atoms with E-state index in [1.54, 1.807) is 16.5 Å². The number of hydrogen-bond acceptors (Lipinski definition) is 7. The number of carbonyl (C=O) groups is 1. The molecule has 5 rings (SSSR count). The number of piperazine rings is 1. The Kier molecular flexibility index (Phi) is 6.24. The molecular weight excluding hydrogens is 444 g/mol. The van der Waals surface area contributed by atoms with Gasteiger partial charge in [-0.05, 0) is 26.0 Å². The molecule has 178 valence electrons. The van der Waals surface area contributed by atoms with Crippen molar-refractivity contribution in [1.82, 2.24) is 29.7 Å². The van der Waals surface area contributed by atoms with Crippen LogP contribution in [0.5, 0.6) is 0 Å². The summed E-state index contributed by atoms with van der Waals surface area (Å²) in [4.78, 5) is 34.3. The lowest BCUT2D eigenvalue weighted by Crippen LogP contribution is -2.50. The van der Waals surface area contributed by atoms with Crippen molar-refractivity contribution >= 4 is 5.91 Å². The molecule has 1 aliphatic rings. The van der Waals surface area contributed by atoms with Gasteiger partial charge in [0.15, 0.2) is 5.69 Å². The first-order valence-corrected chi connectivity index (χ1v) is 11.6. The van der Waals surface area contributed by atoms with E-state index in [0.717, 1.165) is 11.3 Å². The Morgan fingerprint density at radius 2 is 1.63 bits per heavy atom. The molecule has 3 heterocycles. The van der Waals surface area contributed by atoms with Gasteiger partial charge < -0.3 is 9.42 Å². The number of rotatable bonds is 5. The van der Waals surface area contributed by atoms with Crippen LogP contribution >= 0.6 is 0 Å². The van der Waals surface area contributed by atoms with Gasteiger partial charge in [-0.3, -0.25) is 14.5 Å². The molecule has 9 nitrogen and oxygen atoms in total. The summed E-state index contributed by atoms with van der Waals surface area (Å²) in [5, 5.41) is 8.53. The van der Waals surface area contributed by atoms with Crippen molar-refractivity contribution in [1.29, 1.82) is 0 Å². The van der Waals surface area contributed by atoms with Crippen molar-refractivity contribution in [3.63, 3.8) is 0 Å². The fourth-order valence-electron chi connectivity index (χ4n) is 4.25. The van der Waals surface area contributed by atoms with E-state index in [4.69, 9.17) is 4.52 Å². The van der Waals surface area contributed by atoms with Crippen LogP contribution in [-0.4, -0.2) is 61.8 Å². The van der Waals surface area contributed by atoms with Gasteiger partial charge in [-0.2, -0.15) is 10.1 Å². The smallest absolute Gasteiger partial charge is 0.278 e. The molecule has 1 fully saturated rings. The van der Waals surface area contributed by atoms with Crippen molar-refractivity contribution in [2.75, 3.05) is 26.2 Å². The fraction of sp³-hybridized carbons (Fsp3) is 0.269. The maximum atomic E-state index is 13.2. The van der Waals surface area contributed by atoms with Gasteiger partial charge >= 0.3 is 0 Å². The Labute approximate surface area is 202 Å². The van der Waals surface area contributed by atoms with E-state index in [1.165, 1.54) is 6.07 Å². The Morgan fingerprint density at radius 3 is 2.31 bits per heavy atom. The predicted octanol–water partition coefficient (Wildman–Crippen LogP) is 3.11. The summed E-state index contributed by atoms with van der Waals surface area (Å²) in [6.07, 6.45) is 0. The Balaban J connectivity index is 1.27. The average molecular weight is 471 g/mol. The van der Waals surface area contributed by atoms with E-state index >= 15 is 0 Å². The third kappa shape index (κ3) is 4.63. The second-order valence-electron chi connectivity index (χ2n) is 8.57. The highest BCUT2D eigenvalue weighted by atomic mass is 16.5. The van der Waals surface area contributed by atoms with Crippen LogP contribution in [0.25, 0.3) is 17.1 Å². The first kappa shape index (κ1) is 22.7. The lowest BCUT2D eigenvalue weighted by Gasteiger charge is -2.36. The molecule has 2 aromatic carbocycles. The minimum atomic E-state index is -0.366. The minimum absolute atomic E-state index is 0.0645. The van der Waals surface area contributed by atoms with Gasteiger partial charge in [0.05, 0.1) is 11.7 Å². The van der Waals surface area contributed by atoms with Crippen molar-refractivity contribution in [2.45, 2.75) is 19.9 Å². The number of nitrogens with zero attached hydrogens (tertiary/aromatic N) is 6. The van der Waals surface area contributed by atoms with Crippen molar-refractivity contribution in [3.05, 3.63) is 94.2 Å². The monoisotopic (exact) mass is 470 g/mol. The second kappa shape index (κ2) is 9.63. The zero-order valence-electron chi connectivity index (χ0n) is 19.7. The zero-order valence-corrected chi connectivity index (χ0v) is 19.7. The number of aromatic nitrogens is 4. The molecule has 35 heavy (non-hydrogen) atoms. The van der Waals surface area contributed by atoms with Crippen LogP contribution < -0.4 is 5.43 Å². The summed E-state index contributed by atoms with van der Waals surface area (Å²) in [6, 6.07) is 20.5. The number of benzene rings is 2. The SMILES string of the molecule is Cc1cc(=O)c(C(=O)N2CCN(C(C)c3nc(-c4ccccc4)no3)CC2)nn1-c1ccccc1. The molecule has 0 N–H and O–H groups in total. The van der Waals surface area contributed by atoms with Crippen molar-refractivity contribution in [3.8, 4) is 17.1 Å². The third-order valence-corrected chi connectivity index (χ3v) is 6.29. The van der Waals surface area contributed by atoms with Gasteiger partial charge in [-0.15, -0.1) is 0 Å². The first-order chi connectivity index (χ1) is 17.0. The van der Waals surface area contributed by atoms with Crippen LogP contribution in [0.15, 0.2) is 76.0 Å². The lowest BCUT2D eigenvalue weighted by molar-refractivity contribution is 0.0543. The van der Waals surface area contributed by atoms with E-state index in [-0.39, 0.29) is 23.1 Å². The molecule has 9 heteroatoms. The minimum Gasteiger partial charge on any atom is -0.337 e. The number of aryl methyl sites for hydroxylation is 1. The molecule has 2 aromatic heterocycles. The van der Waals surface area contributed by atoms with Gasteiger partial charge in [0, 0.05) is 43.5 Å².